The summed E-state index contributed by atoms with van der Waals surface area (Å²) in [6.45, 7) is 5.43. The Morgan fingerprint density at radius 2 is 1.77 bits per heavy atom. The minimum absolute atomic E-state index is 0.000381. The Hall–Kier alpha value is -3.18. The van der Waals surface area contributed by atoms with Gasteiger partial charge in [-0.15, -0.1) is 0 Å². The monoisotopic (exact) mass is 434 g/mol. The Bertz CT molecular complexity index is 1190. The molecule has 0 saturated carbocycles. The average molecular weight is 434 g/mol. The van der Waals surface area contributed by atoms with Crippen molar-refractivity contribution in [2.45, 2.75) is 26.1 Å². The van der Waals surface area contributed by atoms with E-state index in [1.54, 1.807) is 22.5 Å². The van der Waals surface area contributed by atoms with Crippen LogP contribution in [0.1, 0.15) is 19.2 Å². The first kappa shape index (κ1) is 19.8. The number of hydrogen-bond donors (Lipinski definition) is 0. The minimum Gasteiger partial charge on any atom is -0.368 e. The Kier molecular flexibility index (Phi) is 4.25. The highest BCUT2D eigenvalue weighted by molar-refractivity contribution is 5.75. The molecule has 3 aromatic heterocycles. The van der Waals surface area contributed by atoms with Gasteiger partial charge in [0.1, 0.15) is 5.39 Å². The number of nitrogens with zero attached hydrogens (tertiary/aromatic N) is 8. The van der Waals surface area contributed by atoms with Crippen molar-refractivity contribution in [3.05, 3.63) is 34.8 Å². The van der Waals surface area contributed by atoms with Gasteiger partial charge in [0.05, 0.1) is 24.3 Å². The molecule has 2 fully saturated rings. The van der Waals surface area contributed by atoms with Crippen molar-refractivity contribution >= 4 is 22.7 Å². The fourth-order valence-electron chi connectivity index (χ4n) is 4.54. The lowest BCUT2D eigenvalue weighted by Gasteiger charge is -2.49. The van der Waals surface area contributed by atoms with Crippen molar-refractivity contribution in [3.63, 3.8) is 0 Å². The SMILES string of the molecule is CCn1ncc2c(=O)n(C)c(N3CCC4(CN(c5cnc(C(F)(F)F)nc5)C4)C3)nc21. The molecule has 164 valence electrons. The van der Waals surface area contributed by atoms with Gasteiger partial charge in [0.25, 0.3) is 5.56 Å². The first-order valence-corrected chi connectivity index (χ1v) is 10.0. The number of hydrogen-bond acceptors (Lipinski definition) is 7. The molecular formula is C19H21F3N8O. The van der Waals surface area contributed by atoms with Crippen LogP contribution in [0, 0.1) is 5.41 Å². The normalized spacial score (nSPS) is 18.2. The van der Waals surface area contributed by atoms with E-state index in [0.717, 1.165) is 19.5 Å². The molecule has 1 spiro atoms. The molecule has 5 rings (SSSR count). The highest BCUT2D eigenvalue weighted by atomic mass is 19.4. The second kappa shape index (κ2) is 6.66. The molecular weight excluding hydrogens is 413 g/mol. The first-order valence-electron chi connectivity index (χ1n) is 10.0. The number of aromatic nitrogens is 6. The molecule has 9 nitrogen and oxygen atoms in total. The third kappa shape index (κ3) is 3.12. The number of aryl methyl sites for hydroxylation is 1. The van der Waals surface area contributed by atoms with Gasteiger partial charge in [0, 0.05) is 45.2 Å². The zero-order valence-electron chi connectivity index (χ0n) is 17.1. The van der Waals surface area contributed by atoms with Crippen LogP contribution in [0.25, 0.3) is 11.0 Å². The molecule has 0 aromatic carbocycles. The molecule has 3 aromatic rings. The summed E-state index contributed by atoms with van der Waals surface area (Å²) in [5, 5.41) is 4.74. The van der Waals surface area contributed by atoms with Gasteiger partial charge in [-0.1, -0.05) is 0 Å². The summed E-state index contributed by atoms with van der Waals surface area (Å²) in [4.78, 5) is 28.5. The lowest BCUT2D eigenvalue weighted by atomic mass is 9.79. The Labute approximate surface area is 175 Å². The maximum absolute atomic E-state index is 12.8. The Morgan fingerprint density at radius 3 is 2.42 bits per heavy atom. The third-order valence-electron chi connectivity index (χ3n) is 6.18. The molecule has 0 amide bonds. The first-order chi connectivity index (χ1) is 14.7. The van der Waals surface area contributed by atoms with Gasteiger partial charge in [-0.25, -0.2) is 14.6 Å². The molecule has 0 N–H and O–H groups in total. The molecule has 0 aliphatic carbocycles. The fraction of sp³-hybridized carbons (Fsp3) is 0.526. The van der Waals surface area contributed by atoms with E-state index in [4.69, 9.17) is 4.98 Å². The van der Waals surface area contributed by atoms with Gasteiger partial charge < -0.3 is 9.80 Å². The molecule has 2 aliphatic heterocycles. The summed E-state index contributed by atoms with van der Waals surface area (Å²) in [5.74, 6) is -0.520. The van der Waals surface area contributed by atoms with Gasteiger partial charge in [0.2, 0.25) is 11.8 Å². The van der Waals surface area contributed by atoms with Crippen LogP contribution in [0.5, 0.6) is 0 Å². The lowest BCUT2D eigenvalue weighted by Crippen LogP contribution is -2.58. The van der Waals surface area contributed by atoms with Gasteiger partial charge in [0.15, 0.2) is 5.65 Å². The van der Waals surface area contributed by atoms with Crippen LogP contribution in [0.15, 0.2) is 23.4 Å². The van der Waals surface area contributed by atoms with Crippen LogP contribution in [0.3, 0.4) is 0 Å². The van der Waals surface area contributed by atoms with Gasteiger partial charge in [-0.3, -0.25) is 9.36 Å². The molecule has 2 saturated heterocycles. The smallest absolute Gasteiger partial charge is 0.368 e. The summed E-state index contributed by atoms with van der Waals surface area (Å²) in [6, 6.07) is 0. The van der Waals surface area contributed by atoms with Crippen LogP contribution < -0.4 is 15.4 Å². The van der Waals surface area contributed by atoms with Gasteiger partial charge in [-0.05, 0) is 13.3 Å². The topological polar surface area (TPSA) is 85.0 Å². The maximum atomic E-state index is 12.8. The maximum Gasteiger partial charge on any atom is 0.451 e. The average Bonchev–Trinajstić information content (AvgIpc) is 3.33. The van der Waals surface area contributed by atoms with Crippen LogP contribution in [0.4, 0.5) is 24.8 Å². The summed E-state index contributed by atoms with van der Waals surface area (Å²) in [5.41, 5.74) is 1.03. The second-order valence-electron chi connectivity index (χ2n) is 8.26. The van der Waals surface area contributed by atoms with E-state index in [-0.39, 0.29) is 11.0 Å². The number of alkyl halides is 3. The van der Waals surface area contributed by atoms with Crippen LogP contribution in [-0.4, -0.2) is 55.5 Å². The summed E-state index contributed by atoms with van der Waals surface area (Å²) >= 11 is 0. The van der Waals surface area contributed by atoms with Gasteiger partial charge in [-0.2, -0.15) is 23.3 Å². The molecule has 5 heterocycles. The number of anilines is 2. The van der Waals surface area contributed by atoms with Crippen molar-refractivity contribution in [2.24, 2.45) is 12.5 Å². The standard InChI is InChI=1S/C19H21F3N8O/c1-3-30-14-13(8-25-30)15(31)27(2)17(26-14)28-5-4-18(9-28)10-29(11-18)12-6-23-16(24-7-12)19(20,21)22/h6-8H,3-5,9-11H2,1-2H3. The van der Waals surface area contributed by atoms with Crippen molar-refractivity contribution in [1.29, 1.82) is 0 Å². The van der Waals surface area contributed by atoms with E-state index >= 15 is 0 Å². The fourth-order valence-corrected chi connectivity index (χ4v) is 4.54. The zero-order valence-corrected chi connectivity index (χ0v) is 17.1. The molecule has 0 radical (unpaired) electrons. The lowest BCUT2D eigenvalue weighted by molar-refractivity contribution is -0.145. The third-order valence-corrected chi connectivity index (χ3v) is 6.18. The molecule has 0 bridgehead atoms. The van der Waals surface area contributed by atoms with Crippen LogP contribution >= 0.6 is 0 Å². The van der Waals surface area contributed by atoms with Gasteiger partial charge >= 0.3 is 6.18 Å². The predicted octanol–water partition coefficient (Wildman–Crippen LogP) is 1.68. The van der Waals surface area contributed by atoms with Crippen LogP contribution in [0.2, 0.25) is 0 Å². The van der Waals surface area contributed by atoms with E-state index in [1.807, 2.05) is 11.8 Å². The number of halogens is 3. The largest absolute Gasteiger partial charge is 0.451 e. The molecule has 0 atom stereocenters. The van der Waals surface area contributed by atoms with E-state index in [1.165, 1.54) is 12.4 Å². The molecule has 31 heavy (non-hydrogen) atoms. The van der Waals surface area contributed by atoms with Crippen molar-refractivity contribution in [3.8, 4) is 0 Å². The summed E-state index contributed by atoms with van der Waals surface area (Å²) in [7, 11) is 1.71. The Morgan fingerprint density at radius 1 is 1.10 bits per heavy atom. The van der Waals surface area contributed by atoms with E-state index in [0.29, 0.717) is 42.3 Å². The molecule has 0 unspecified atom stereocenters. The van der Waals surface area contributed by atoms with Crippen molar-refractivity contribution in [2.75, 3.05) is 36.0 Å². The number of rotatable bonds is 3. The van der Waals surface area contributed by atoms with E-state index < -0.39 is 12.0 Å². The highest BCUT2D eigenvalue weighted by Crippen LogP contribution is 2.42. The Balaban J connectivity index is 1.33. The predicted molar refractivity (Wildman–Crippen MR) is 107 cm³/mol. The van der Waals surface area contributed by atoms with Crippen molar-refractivity contribution in [1.82, 2.24) is 29.3 Å². The zero-order chi connectivity index (χ0) is 22.0. The van der Waals surface area contributed by atoms with Crippen LogP contribution in [-0.2, 0) is 19.8 Å². The molecule has 12 heteroatoms. The minimum atomic E-state index is -4.54. The number of fused-ring (bicyclic) bond motifs is 1. The van der Waals surface area contributed by atoms with Crippen molar-refractivity contribution < 1.29 is 13.2 Å². The molecule has 2 aliphatic rings. The second-order valence-corrected chi connectivity index (χ2v) is 8.26. The highest BCUT2D eigenvalue weighted by Gasteiger charge is 2.48. The quantitative estimate of drug-likeness (QED) is 0.620. The van der Waals surface area contributed by atoms with E-state index in [9.17, 15) is 18.0 Å². The summed E-state index contributed by atoms with van der Waals surface area (Å²) in [6.07, 6.45) is 0.365. The van der Waals surface area contributed by atoms with E-state index in [2.05, 4.69) is 20.0 Å². The summed E-state index contributed by atoms with van der Waals surface area (Å²) < 4.78 is 41.3.